The van der Waals surface area contributed by atoms with Crippen LogP contribution < -0.4 is 4.72 Å². The molecule has 1 aliphatic carbocycles. The van der Waals surface area contributed by atoms with Gasteiger partial charge in [0.1, 0.15) is 10.3 Å². The molecule has 5 nitrogen and oxygen atoms in total. The van der Waals surface area contributed by atoms with Crippen molar-refractivity contribution in [1.82, 2.24) is 9.62 Å². The topological polar surface area (TPSA) is 64.6 Å². The van der Waals surface area contributed by atoms with E-state index >= 15 is 0 Å². The number of rotatable bonds is 2. The standard InChI is InChI=1S/C22H33ClN2O3S/c1-20(2,3)28-19(26)25-12-10-22(11-13-25)14-16-15(8-7-9-17(16)23)18(22)24-29(27)21(4,5)6/h7-9,18,24H,10-14H2,1-6H3/t18-,29+/m0/s1. The van der Waals surface area contributed by atoms with Gasteiger partial charge in [-0.1, -0.05) is 23.7 Å². The molecule has 0 unspecified atom stereocenters. The van der Waals surface area contributed by atoms with Gasteiger partial charge < -0.3 is 14.2 Å². The van der Waals surface area contributed by atoms with Gasteiger partial charge in [-0.2, -0.15) is 0 Å². The predicted octanol–water partition coefficient (Wildman–Crippen LogP) is 5.01. The van der Waals surface area contributed by atoms with Crippen molar-refractivity contribution < 1.29 is 14.1 Å². The minimum absolute atomic E-state index is 0.0444. The van der Waals surface area contributed by atoms with E-state index in [1.165, 1.54) is 0 Å². The van der Waals surface area contributed by atoms with E-state index in [-0.39, 0.29) is 22.3 Å². The zero-order valence-corrected chi connectivity index (χ0v) is 19.9. The molecular weight excluding hydrogens is 408 g/mol. The van der Waals surface area contributed by atoms with Gasteiger partial charge in [0.05, 0.1) is 6.04 Å². The van der Waals surface area contributed by atoms with Crippen LogP contribution in [0.25, 0.3) is 0 Å². The Balaban J connectivity index is 1.82. The Labute approximate surface area is 182 Å². The molecule has 162 valence electrons. The second-order valence-electron chi connectivity index (χ2n) is 10.2. The first-order valence-electron chi connectivity index (χ1n) is 10.3. The fourth-order valence-corrected chi connectivity index (χ4v) is 5.41. The molecule has 7 heteroatoms. The number of hydrogen-bond donors (Lipinski definition) is 1. The second-order valence-corrected chi connectivity index (χ2v) is 12.7. The minimum atomic E-state index is -1.20. The summed E-state index contributed by atoms with van der Waals surface area (Å²) < 4.78 is 21.6. The molecule has 0 aromatic heterocycles. The van der Waals surface area contributed by atoms with Crippen LogP contribution in [0, 0.1) is 5.41 Å². The van der Waals surface area contributed by atoms with Crippen LogP contribution in [0.3, 0.4) is 0 Å². The van der Waals surface area contributed by atoms with Crippen molar-refractivity contribution in [2.24, 2.45) is 5.41 Å². The molecule has 1 aromatic carbocycles. The summed E-state index contributed by atoms with van der Waals surface area (Å²) in [5.41, 5.74) is 1.67. The molecule has 0 saturated carbocycles. The van der Waals surface area contributed by atoms with Gasteiger partial charge in [-0.05, 0) is 78.0 Å². The number of amides is 1. The SMILES string of the molecule is CC(C)(C)OC(=O)N1CCC2(CC1)Cc1c(Cl)cccc1[C@@H]2N[S@+]([O-])C(C)(C)C. The highest BCUT2D eigenvalue weighted by Gasteiger charge is 2.51. The van der Waals surface area contributed by atoms with E-state index in [0.717, 1.165) is 35.4 Å². The summed E-state index contributed by atoms with van der Waals surface area (Å²) >= 11 is 5.33. The Hall–Kier alpha value is -0.950. The Morgan fingerprint density at radius 2 is 1.86 bits per heavy atom. The Morgan fingerprint density at radius 1 is 1.24 bits per heavy atom. The molecule has 1 N–H and O–H groups in total. The number of fused-ring (bicyclic) bond motifs is 1. The molecule has 2 atom stereocenters. The summed E-state index contributed by atoms with van der Waals surface area (Å²) in [6, 6.07) is 5.93. The van der Waals surface area contributed by atoms with E-state index in [4.69, 9.17) is 16.3 Å². The highest BCUT2D eigenvalue weighted by atomic mass is 35.5. The number of carbonyl (C=O) groups is 1. The second kappa shape index (κ2) is 7.95. The minimum Gasteiger partial charge on any atom is -0.598 e. The summed E-state index contributed by atoms with van der Waals surface area (Å²) in [7, 11) is 0. The maximum Gasteiger partial charge on any atom is 0.410 e. The van der Waals surface area contributed by atoms with E-state index < -0.39 is 17.0 Å². The fourth-order valence-electron chi connectivity index (χ4n) is 4.22. The summed E-state index contributed by atoms with van der Waals surface area (Å²) in [4.78, 5) is 14.3. The van der Waals surface area contributed by atoms with Crippen LogP contribution in [0.15, 0.2) is 18.2 Å². The number of nitrogens with zero attached hydrogens (tertiary/aromatic N) is 1. The molecule has 29 heavy (non-hydrogen) atoms. The van der Waals surface area contributed by atoms with Crippen LogP contribution in [-0.2, 0) is 22.5 Å². The van der Waals surface area contributed by atoms with E-state index in [9.17, 15) is 9.35 Å². The van der Waals surface area contributed by atoms with Gasteiger partial charge in [0.2, 0.25) is 0 Å². The highest BCUT2D eigenvalue weighted by molar-refractivity contribution is 7.90. The maximum atomic E-state index is 13.0. The maximum absolute atomic E-state index is 13.0. The van der Waals surface area contributed by atoms with Crippen LogP contribution in [0.1, 0.15) is 71.6 Å². The Kier molecular flexibility index (Phi) is 6.23. The Morgan fingerprint density at radius 3 is 2.41 bits per heavy atom. The van der Waals surface area contributed by atoms with Crippen LogP contribution in [0.5, 0.6) is 0 Å². The lowest BCUT2D eigenvalue weighted by Gasteiger charge is -2.43. The average molecular weight is 441 g/mol. The zero-order valence-electron chi connectivity index (χ0n) is 18.3. The quantitative estimate of drug-likeness (QED) is 0.656. The predicted molar refractivity (Wildman–Crippen MR) is 118 cm³/mol. The van der Waals surface area contributed by atoms with Crippen molar-refractivity contribution in [1.29, 1.82) is 0 Å². The molecular formula is C22H33ClN2O3S. The number of halogens is 1. The van der Waals surface area contributed by atoms with Crippen molar-refractivity contribution in [3.8, 4) is 0 Å². The van der Waals surface area contributed by atoms with E-state index in [1.54, 1.807) is 4.90 Å². The fraction of sp³-hybridized carbons (Fsp3) is 0.682. The van der Waals surface area contributed by atoms with Crippen LogP contribution in [0.4, 0.5) is 4.79 Å². The molecule has 1 spiro atoms. The third kappa shape index (κ3) is 4.87. The number of hydrogen-bond acceptors (Lipinski definition) is 4. The molecule has 1 amide bonds. The summed E-state index contributed by atoms with van der Waals surface area (Å²) in [5, 5.41) is 0.766. The van der Waals surface area contributed by atoms with Crippen molar-refractivity contribution >= 4 is 29.1 Å². The number of carbonyl (C=O) groups excluding carboxylic acids is 1. The number of ether oxygens (including phenoxy) is 1. The zero-order chi connectivity index (χ0) is 21.6. The summed E-state index contributed by atoms with van der Waals surface area (Å²) in [6.45, 7) is 12.8. The van der Waals surface area contributed by atoms with E-state index in [1.807, 2.05) is 53.7 Å². The first-order valence-corrected chi connectivity index (χ1v) is 11.8. The third-order valence-corrected chi connectivity index (χ3v) is 7.72. The Bertz CT molecular complexity index is 764. The molecule has 1 fully saturated rings. The monoisotopic (exact) mass is 440 g/mol. The van der Waals surface area contributed by atoms with Gasteiger partial charge in [-0.15, -0.1) is 4.72 Å². The van der Waals surface area contributed by atoms with Crippen LogP contribution in [-0.4, -0.2) is 39.0 Å². The van der Waals surface area contributed by atoms with Gasteiger partial charge in [0, 0.05) is 34.9 Å². The number of benzene rings is 1. The van der Waals surface area contributed by atoms with Crippen LogP contribution in [0.2, 0.25) is 5.02 Å². The van der Waals surface area contributed by atoms with Gasteiger partial charge >= 0.3 is 6.09 Å². The van der Waals surface area contributed by atoms with Crippen molar-refractivity contribution in [3.05, 3.63) is 34.3 Å². The van der Waals surface area contributed by atoms with Gasteiger partial charge in [-0.25, -0.2) is 4.79 Å². The molecule has 0 bridgehead atoms. The van der Waals surface area contributed by atoms with E-state index in [2.05, 4.69) is 10.8 Å². The molecule has 1 heterocycles. The lowest BCUT2D eigenvalue weighted by molar-refractivity contribution is 0.00716. The highest BCUT2D eigenvalue weighted by Crippen LogP contribution is 2.54. The van der Waals surface area contributed by atoms with E-state index in [0.29, 0.717) is 13.1 Å². The van der Waals surface area contributed by atoms with Gasteiger partial charge in [0.15, 0.2) is 0 Å². The number of nitrogens with one attached hydrogen (secondary N) is 1. The lowest BCUT2D eigenvalue weighted by atomic mass is 9.73. The number of piperidine rings is 1. The molecule has 0 radical (unpaired) electrons. The van der Waals surface area contributed by atoms with Crippen molar-refractivity contribution in [3.63, 3.8) is 0 Å². The largest absolute Gasteiger partial charge is 0.598 e. The normalized spacial score (nSPS) is 22.5. The first kappa shape index (κ1) is 22.7. The van der Waals surface area contributed by atoms with Gasteiger partial charge in [0.25, 0.3) is 0 Å². The molecule has 1 aliphatic heterocycles. The molecule has 1 saturated heterocycles. The summed E-state index contributed by atoms with van der Waals surface area (Å²) in [6.07, 6.45) is 2.21. The van der Waals surface area contributed by atoms with Crippen molar-refractivity contribution in [2.75, 3.05) is 13.1 Å². The average Bonchev–Trinajstić information content (AvgIpc) is 2.88. The van der Waals surface area contributed by atoms with Gasteiger partial charge in [-0.3, -0.25) is 0 Å². The smallest absolute Gasteiger partial charge is 0.410 e. The third-order valence-electron chi connectivity index (χ3n) is 5.80. The van der Waals surface area contributed by atoms with Crippen molar-refractivity contribution in [2.45, 2.75) is 77.2 Å². The lowest BCUT2D eigenvalue weighted by Crippen LogP contribution is -2.51. The first-order chi connectivity index (χ1) is 13.3. The molecule has 3 rings (SSSR count). The molecule has 1 aromatic rings. The molecule has 2 aliphatic rings. The van der Waals surface area contributed by atoms with Crippen LogP contribution >= 0.6 is 11.6 Å². The summed E-state index contributed by atoms with van der Waals surface area (Å²) in [5.74, 6) is 0. The number of likely N-dealkylation sites (tertiary alicyclic amines) is 1.